The fourth-order valence-corrected chi connectivity index (χ4v) is 3.51. The number of aliphatic carboxylic acids is 1. The number of carbonyl (C=O) groups excluding carboxylic acids is 1. The number of pyridine rings is 1. The third kappa shape index (κ3) is 3.30. The zero-order valence-corrected chi connectivity index (χ0v) is 13.1. The normalized spacial score (nSPS) is 19.0. The van der Waals surface area contributed by atoms with E-state index in [1.54, 1.807) is 11.0 Å². The fraction of sp³-hybridized carbons (Fsp3) is 0.588. The summed E-state index contributed by atoms with van der Waals surface area (Å²) in [6.07, 6.45) is 5.95. The van der Waals surface area contributed by atoms with Gasteiger partial charge in [-0.3, -0.25) is 14.4 Å². The molecule has 0 spiro atoms. The second kappa shape index (κ2) is 6.56. The summed E-state index contributed by atoms with van der Waals surface area (Å²) in [6, 6.07) is 1.76. The lowest BCUT2D eigenvalue weighted by Crippen LogP contribution is -2.42. The van der Waals surface area contributed by atoms with Crippen LogP contribution in [0.4, 0.5) is 0 Å². The average Bonchev–Trinajstić information content (AvgIpc) is 2.78. The van der Waals surface area contributed by atoms with Crippen LogP contribution in [0.25, 0.3) is 0 Å². The molecule has 1 aliphatic heterocycles. The number of amides is 1. The van der Waals surface area contributed by atoms with Crippen LogP contribution in [-0.4, -0.2) is 40.0 Å². The lowest BCUT2D eigenvalue weighted by molar-refractivity contribution is -0.143. The van der Waals surface area contributed by atoms with E-state index in [0.717, 1.165) is 43.4 Å². The number of aromatic amines is 1. The van der Waals surface area contributed by atoms with Crippen molar-refractivity contribution in [1.82, 2.24) is 9.88 Å². The van der Waals surface area contributed by atoms with E-state index in [1.807, 2.05) is 0 Å². The monoisotopic (exact) mass is 318 g/mol. The van der Waals surface area contributed by atoms with Gasteiger partial charge >= 0.3 is 5.97 Å². The third-order valence-electron chi connectivity index (χ3n) is 4.95. The number of carboxylic acid groups (broad SMARTS) is 1. The van der Waals surface area contributed by atoms with Gasteiger partial charge in [-0.05, 0) is 50.2 Å². The second-order valence-corrected chi connectivity index (χ2v) is 6.48. The van der Waals surface area contributed by atoms with Crippen LogP contribution in [0.5, 0.6) is 0 Å². The maximum absolute atomic E-state index is 12.6. The van der Waals surface area contributed by atoms with Crippen molar-refractivity contribution >= 4 is 11.9 Å². The molecule has 0 atom stereocenters. The van der Waals surface area contributed by atoms with E-state index in [1.165, 1.54) is 0 Å². The summed E-state index contributed by atoms with van der Waals surface area (Å²) in [6.45, 7) is 0.790. The summed E-state index contributed by atoms with van der Waals surface area (Å²) >= 11 is 0. The molecule has 1 fully saturated rings. The Morgan fingerprint density at radius 2 is 1.83 bits per heavy atom. The van der Waals surface area contributed by atoms with Gasteiger partial charge in [0, 0.05) is 18.8 Å². The van der Waals surface area contributed by atoms with Gasteiger partial charge in [-0.15, -0.1) is 0 Å². The Kier molecular flexibility index (Phi) is 4.50. The number of nitrogens with one attached hydrogen (secondary N) is 1. The summed E-state index contributed by atoms with van der Waals surface area (Å²) < 4.78 is 0. The number of carboxylic acids is 1. The van der Waals surface area contributed by atoms with Crippen molar-refractivity contribution < 1.29 is 14.7 Å². The summed E-state index contributed by atoms with van der Waals surface area (Å²) in [5, 5.41) is 9.02. The molecular weight excluding hydrogens is 296 g/mol. The Labute approximate surface area is 134 Å². The van der Waals surface area contributed by atoms with Gasteiger partial charge in [-0.1, -0.05) is 6.42 Å². The summed E-state index contributed by atoms with van der Waals surface area (Å²) in [5.74, 6) is -1.47. The van der Waals surface area contributed by atoms with Gasteiger partial charge in [-0.2, -0.15) is 0 Å². The largest absolute Gasteiger partial charge is 0.481 e. The molecule has 1 aromatic rings. The molecule has 0 radical (unpaired) electrons. The lowest BCUT2D eigenvalue weighted by Gasteiger charge is -2.30. The molecule has 2 N–H and O–H groups in total. The Balaban J connectivity index is 1.79. The van der Waals surface area contributed by atoms with Crippen molar-refractivity contribution in [2.75, 3.05) is 13.1 Å². The van der Waals surface area contributed by atoms with Crippen LogP contribution in [-0.2, 0) is 17.6 Å². The lowest BCUT2D eigenvalue weighted by atomic mass is 9.96. The zero-order valence-electron chi connectivity index (χ0n) is 13.1. The minimum atomic E-state index is -0.806. The minimum absolute atomic E-state index is 0.194. The Morgan fingerprint density at radius 3 is 2.52 bits per heavy atom. The predicted octanol–water partition coefficient (Wildman–Crippen LogP) is 1.58. The van der Waals surface area contributed by atoms with E-state index in [4.69, 9.17) is 5.11 Å². The van der Waals surface area contributed by atoms with Crippen molar-refractivity contribution in [2.45, 2.75) is 44.9 Å². The molecule has 0 saturated carbocycles. The molecule has 3 rings (SSSR count). The first-order valence-electron chi connectivity index (χ1n) is 8.33. The molecule has 2 heterocycles. The first-order valence-corrected chi connectivity index (χ1v) is 8.33. The van der Waals surface area contributed by atoms with Crippen molar-refractivity contribution in [3.63, 3.8) is 0 Å². The molecule has 0 unspecified atom stereocenters. The number of nitrogens with zero attached hydrogens (tertiary/aromatic N) is 1. The highest BCUT2D eigenvalue weighted by Crippen LogP contribution is 2.21. The number of hydrogen-bond donors (Lipinski definition) is 2. The van der Waals surface area contributed by atoms with Crippen LogP contribution in [0.1, 0.15) is 53.7 Å². The quantitative estimate of drug-likeness (QED) is 0.810. The van der Waals surface area contributed by atoms with Crippen molar-refractivity contribution in [2.24, 2.45) is 5.92 Å². The first-order chi connectivity index (χ1) is 11.1. The summed E-state index contributed by atoms with van der Waals surface area (Å²) in [5.41, 5.74) is 1.91. The molecule has 1 aliphatic carbocycles. The highest BCUT2D eigenvalue weighted by molar-refractivity contribution is 5.94. The number of carbonyl (C=O) groups is 2. The molecular formula is C17H22N2O4. The van der Waals surface area contributed by atoms with E-state index >= 15 is 0 Å². The second-order valence-electron chi connectivity index (χ2n) is 6.48. The molecule has 2 aliphatic rings. The number of aromatic nitrogens is 1. The number of H-pyrrole nitrogens is 1. The number of rotatable bonds is 2. The molecule has 124 valence electrons. The van der Waals surface area contributed by atoms with Gasteiger partial charge in [0.15, 0.2) is 0 Å². The molecule has 1 saturated heterocycles. The Bertz CT molecular complexity index is 672. The highest BCUT2D eigenvalue weighted by Gasteiger charge is 2.29. The number of likely N-dealkylation sites (tertiary alicyclic amines) is 1. The SMILES string of the molecule is O=C(O)C1CCN(C(=O)c2cc3c([nH]c2=O)CCCCC3)CC1. The van der Waals surface area contributed by atoms with E-state index in [9.17, 15) is 14.4 Å². The molecule has 1 amide bonds. The van der Waals surface area contributed by atoms with Gasteiger partial charge < -0.3 is 15.0 Å². The average molecular weight is 318 g/mol. The van der Waals surface area contributed by atoms with Gasteiger partial charge in [0.05, 0.1) is 5.92 Å². The Morgan fingerprint density at radius 1 is 1.13 bits per heavy atom. The van der Waals surface area contributed by atoms with E-state index in [0.29, 0.717) is 25.9 Å². The van der Waals surface area contributed by atoms with Crippen molar-refractivity contribution in [3.8, 4) is 0 Å². The zero-order chi connectivity index (χ0) is 16.4. The topological polar surface area (TPSA) is 90.5 Å². The van der Waals surface area contributed by atoms with E-state index in [2.05, 4.69) is 4.98 Å². The van der Waals surface area contributed by atoms with Gasteiger partial charge in [0.25, 0.3) is 11.5 Å². The van der Waals surface area contributed by atoms with Crippen LogP contribution in [0.15, 0.2) is 10.9 Å². The van der Waals surface area contributed by atoms with Crippen LogP contribution >= 0.6 is 0 Å². The highest BCUT2D eigenvalue weighted by atomic mass is 16.4. The van der Waals surface area contributed by atoms with Gasteiger partial charge in [0.2, 0.25) is 0 Å². The predicted molar refractivity (Wildman–Crippen MR) is 84.6 cm³/mol. The molecule has 23 heavy (non-hydrogen) atoms. The fourth-order valence-electron chi connectivity index (χ4n) is 3.51. The van der Waals surface area contributed by atoms with Crippen LogP contribution in [0, 0.1) is 5.92 Å². The standard InChI is InChI=1S/C17H22N2O4/c20-15-13(10-12-4-2-1-3-5-14(12)18-15)16(21)19-8-6-11(7-9-19)17(22)23/h10-11H,1-9H2,(H,18,20)(H,22,23). The van der Waals surface area contributed by atoms with Crippen molar-refractivity contribution in [3.05, 3.63) is 33.2 Å². The van der Waals surface area contributed by atoms with Crippen LogP contribution < -0.4 is 5.56 Å². The smallest absolute Gasteiger partial charge is 0.306 e. The van der Waals surface area contributed by atoms with E-state index < -0.39 is 5.97 Å². The van der Waals surface area contributed by atoms with Gasteiger partial charge in [-0.25, -0.2) is 0 Å². The number of hydrogen-bond acceptors (Lipinski definition) is 3. The molecule has 0 bridgehead atoms. The third-order valence-corrected chi connectivity index (χ3v) is 4.95. The molecule has 1 aromatic heterocycles. The number of piperidine rings is 1. The maximum Gasteiger partial charge on any atom is 0.306 e. The maximum atomic E-state index is 12.6. The molecule has 6 heteroatoms. The van der Waals surface area contributed by atoms with E-state index in [-0.39, 0.29) is 22.9 Å². The van der Waals surface area contributed by atoms with Gasteiger partial charge in [0.1, 0.15) is 5.56 Å². The van der Waals surface area contributed by atoms with Crippen LogP contribution in [0.3, 0.4) is 0 Å². The molecule has 0 aromatic carbocycles. The van der Waals surface area contributed by atoms with Crippen LogP contribution in [0.2, 0.25) is 0 Å². The summed E-state index contributed by atoms with van der Waals surface area (Å²) in [4.78, 5) is 40.4. The number of fused-ring (bicyclic) bond motifs is 1. The first kappa shape index (κ1) is 15.8. The van der Waals surface area contributed by atoms with Crippen molar-refractivity contribution in [1.29, 1.82) is 0 Å². The molecule has 6 nitrogen and oxygen atoms in total. The minimum Gasteiger partial charge on any atom is -0.481 e. The summed E-state index contributed by atoms with van der Waals surface area (Å²) in [7, 11) is 0. The Hall–Kier alpha value is -2.11. The number of aryl methyl sites for hydroxylation is 2.